The molecule has 1 saturated carbocycles. The van der Waals surface area contributed by atoms with Crippen LogP contribution in [0, 0.1) is 17.3 Å². The molecule has 0 aromatic rings. The minimum absolute atomic E-state index is 0.0732. The molecule has 2 unspecified atom stereocenters. The molecule has 0 saturated heterocycles. The summed E-state index contributed by atoms with van der Waals surface area (Å²) in [5.41, 5.74) is 5.03. The number of carbonyl (C=O) groups is 1. The average molecular weight is 240 g/mol. The van der Waals surface area contributed by atoms with Gasteiger partial charge in [-0.15, -0.1) is 0 Å². The zero-order valence-corrected chi connectivity index (χ0v) is 12.0. The summed E-state index contributed by atoms with van der Waals surface area (Å²) in [5, 5.41) is 3.08. The van der Waals surface area contributed by atoms with Crippen molar-refractivity contribution in [3.8, 4) is 0 Å². The third kappa shape index (κ3) is 3.21. The highest BCUT2D eigenvalue weighted by molar-refractivity contribution is 5.83. The van der Waals surface area contributed by atoms with E-state index in [1.54, 1.807) is 0 Å². The summed E-state index contributed by atoms with van der Waals surface area (Å²) in [4.78, 5) is 12.2. The van der Waals surface area contributed by atoms with Crippen molar-refractivity contribution in [2.75, 3.05) is 6.54 Å². The molecule has 3 nitrogen and oxygen atoms in total. The third-order valence-electron chi connectivity index (χ3n) is 4.74. The largest absolute Gasteiger partial charge is 0.355 e. The number of amides is 1. The van der Waals surface area contributed by atoms with Gasteiger partial charge in [0.25, 0.3) is 0 Å². The molecule has 1 amide bonds. The summed E-state index contributed by atoms with van der Waals surface area (Å²) in [5.74, 6) is 1.46. The molecule has 100 valence electrons. The second-order valence-electron chi connectivity index (χ2n) is 6.72. The highest BCUT2D eigenvalue weighted by Gasteiger charge is 2.40. The minimum atomic E-state index is -0.533. The van der Waals surface area contributed by atoms with Crippen molar-refractivity contribution < 1.29 is 4.79 Å². The van der Waals surface area contributed by atoms with Gasteiger partial charge in [-0.25, -0.2) is 0 Å². The maximum atomic E-state index is 12.2. The Morgan fingerprint density at radius 1 is 1.29 bits per heavy atom. The Hall–Kier alpha value is -0.570. The molecular weight excluding hydrogens is 212 g/mol. The number of carbonyl (C=O) groups excluding carboxylic acids is 1. The quantitative estimate of drug-likeness (QED) is 0.792. The highest BCUT2D eigenvalue weighted by atomic mass is 16.2. The molecule has 3 N–H and O–H groups in total. The molecular formula is C14H28N2O. The first-order chi connectivity index (χ1) is 7.66. The van der Waals surface area contributed by atoms with Gasteiger partial charge in [0.2, 0.25) is 5.91 Å². The highest BCUT2D eigenvalue weighted by Crippen LogP contribution is 2.32. The van der Waals surface area contributed by atoms with Gasteiger partial charge in [-0.2, -0.15) is 0 Å². The second kappa shape index (κ2) is 4.97. The summed E-state index contributed by atoms with van der Waals surface area (Å²) >= 11 is 0. The molecule has 1 aliphatic carbocycles. The molecule has 1 aliphatic rings. The maximum absolute atomic E-state index is 12.2. The average Bonchev–Trinajstić information content (AvgIpc) is 2.58. The molecule has 1 rings (SSSR count). The zero-order chi connectivity index (χ0) is 13.3. The SMILES string of the molecule is CC1CCCC1CNC(=O)C(C)(C)C(C)(C)N. The summed E-state index contributed by atoms with van der Waals surface area (Å²) in [7, 11) is 0. The van der Waals surface area contributed by atoms with E-state index in [0.717, 1.165) is 12.5 Å². The lowest BCUT2D eigenvalue weighted by molar-refractivity contribution is -0.132. The number of hydrogen-bond donors (Lipinski definition) is 2. The molecule has 1 fully saturated rings. The van der Waals surface area contributed by atoms with E-state index in [0.29, 0.717) is 5.92 Å². The lowest BCUT2D eigenvalue weighted by Gasteiger charge is -2.37. The van der Waals surface area contributed by atoms with Crippen LogP contribution in [0.1, 0.15) is 53.9 Å². The van der Waals surface area contributed by atoms with E-state index in [-0.39, 0.29) is 5.91 Å². The van der Waals surface area contributed by atoms with E-state index >= 15 is 0 Å². The van der Waals surface area contributed by atoms with E-state index < -0.39 is 11.0 Å². The Bertz CT molecular complexity index is 278. The van der Waals surface area contributed by atoms with Crippen LogP contribution in [-0.4, -0.2) is 18.0 Å². The lowest BCUT2D eigenvalue weighted by Crippen LogP contribution is -2.56. The van der Waals surface area contributed by atoms with E-state index in [1.807, 2.05) is 27.7 Å². The first kappa shape index (κ1) is 14.5. The molecule has 0 aliphatic heterocycles. The van der Waals surface area contributed by atoms with Crippen molar-refractivity contribution in [3.63, 3.8) is 0 Å². The fraction of sp³-hybridized carbons (Fsp3) is 0.929. The van der Waals surface area contributed by atoms with Crippen molar-refractivity contribution in [1.29, 1.82) is 0 Å². The van der Waals surface area contributed by atoms with Crippen molar-refractivity contribution in [2.45, 2.75) is 59.4 Å². The van der Waals surface area contributed by atoms with Gasteiger partial charge in [-0.05, 0) is 46.0 Å². The van der Waals surface area contributed by atoms with Gasteiger partial charge in [0.1, 0.15) is 0 Å². The standard InChI is InChI=1S/C14H28N2O/c1-10-7-6-8-11(10)9-16-12(17)13(2,3)14(4,5)15/h10-11H,6-9,15H2,1-5H3,(H,16,17). The minimum Gasteiger partial charge on any atom is -0.355 e. The van der Waals surface area contributed by atoms with Gasteiger partial charge in [-0.3, -0.25) is 4.79 Å². The van der Waals surface area contributed by atoms with E-state index in [9.17, 15) is 4.79 Å². The van der Waals surface area contributed by atoms with E-state index in [4.69, 9.17) is 5.73 Å². The second-order valence-corrected chi connectivity index (χ2v) is 6.72. The smallest absolute Gasteiger partial charge is 0.227 e. The normalized spacial score (nSPS) is 26.0. The number of hydrogen-bond acceptors (Lipinski definition) is 2. The first-order valence-electron chi connectivity index (χ1n) is 6.73. The predicted octanol–water partition coefficient (Wildman–Crippen LogP) is 2.30. The Balaban J connectivity index is 2.49. The van der Waals surface area contributed by atoms with Gasteiger partial charge >= 0.3 is 0 Å². The van der Waals surface area contributed by atoms with Gasteiger partial charge in [0.15, 0.2) is 0 Å². The van der Waals surface area contributed by atoms with Crippen molar-refractivity contribution in [2.24, 2.45) is 23.0 Å². The maximum Gasteiger partial charge on any atom is 0.227 e. The number of rotatable bonds is 4. The molecule has 0 bridgehead atoms. The summed E-state index contributed by atoms with van der Waals surface area (Å²) in [6, 6.07) is 0. The molecule has 2 atom stereocenters. The van der Waals surface area contributed by atoms with Gasteiger partial charge in [0, 0.05) is 12.1 Å². The molecule has 0 heterocycles. The first-order valence-corrected chi connectivity index (χ1v) is 6.73. The van der Waals surface area contributed by atoms with Crippen LogP contribution in [0.3, 0.4) is 0 Å². The van der Waals surface area contributed by atoms with Crippen LogP contribution in [0.4, 0.5) is 0 Å². The Morgan fingerprint density at radius 2 is 1.88 bits per heavy atom. The van der Waals surface area contributed by atoms with E-state index in [2.05, 4.69) is 12.2 Å². The monoisotopic (exact) mass is 240 g/mol. The summed E-state index contributed by atoms with van der Waals surface area (Å²) < 4.78 is 0. The Labute approximate surface area is 106 Å². The van der Waals surface area contributed by atoms with Gasteiger partial charge in [0.05, 0.1) is 5.41 Å². The van der Waals surface area contributed by atoms with Crippen molar-refractivity contribution in [1.82, 2.24) is 5.32 Å². The van der Waals surface area contributed by atoms with Crippen molar-refractivity contribution >= 4 is 5.91 Å². The number of nitrogens with two attached hydrogens (primary N) is 1. The molecule has 0 spiro atoms. The summed E-state index contributed by atoms with van der Waals surface area (Å²) in [6.45, 7) is 10.7. The third-order valence-corrected chi connectivity index (χ3v) is 4.74. The van der Waals surface area contributed by atoms with Crippen molar-refractivity contribution in [3.05, 3.63) is 0 Å². The molecule has 0 aromatic heterocycles. The van der Waals surface area contributed by atoms with E-state index in [1.165, 1.54) is 19.3 Å². The van der Waals surface area contributed by atoms with Gasteiger partial charge in [-0.1, -0.05) is 19.8 Å². The fourth-order valence-corrected chi connectivity index (χ4v) is 2.26. The van der Waals surface area contributed by atoms with Crippen LogP contribution in [0.25, 0.3) is 0 Å². The van der Waals surface area contributed by atoms with Crippen LogP contribution in [0.15, 0.2) is 0 Å². The van der Waals surface area contributed by atoms with Crippen LogP contribution < -0.4 is 11.1 Å². The zero-order valence-electron chi connectivity index (χ0n) is 12.0. The molecule has 17 heavy (non-hydrogen) atoms. The van der Waals surface area contributed by atoms with Crippen LogP contribution >= 0.6 is 0 Å². The van der Waals surface area contributed by atoms with Crippen LogP contribution in [-0.2, 0) is 4.79 Å². The molecule has 0 aromatic carbocycles. The summed E-state index contributed by atoms with van der Waals surface area (Å²) in [6.07, 6.45) is 3.84. The predicted molar refractivity (Wildman–Crippen MR) is 71.6 cm³/mol. The lowest BCUT2D eigenvalue weighted by atomic mass is 9.74. The fourth-order valence-electron chi connectivity index (χ4n) is 2.26. The van der Waals surface area contributed by atoms with Gasteiger partial charge < -0.3 is 11.1 Å². The number of nitrogens with one attached hydrogen (secondary N) is 1. The van der Waals surface area contributed by atoms with Crippen LogP contribution in [0.2, 0.25) is 0 Å². The molecule has 3 heteroatoms. The van der Waals surface area contributed by atoms with Crippen LogP contribution in [0.5, 0.6) is 0 Å². The Kier molecular flexibility index (Phi) is 4.23. The Morgan fingerprint density at radius 3 is 2.29 bits per heavy atom. The molecule has 0 radical (unpaired) electrons. The topological polar surface area (TPSA) is 55.1 Å².